The van der Waals surface area contributed by atoms with Crippen molar-refractivity contribution in [1.82, 2.24) is 0 Å². The van der Waals surface area contributed by atoms with Crippen LogP contribution in [0.15, 0.2) is 58.3 Å². The summed E-state index contributed by atoms with van der Waals surface area (Å²) in [5.74, 6) is 0.129. The standard InChI is InChI=1S/C15H13NO6S/c17-16(18)11-6-12(21-9-13-10-22-13)8-15(7-11)23(19,20)14-4-2-1-3-5-14/h1-8,13H,9-10H2. The van der Waals surface area contributed by atoms with Gasteiger partial charge in [-0.1, -0.05) is 18.2 Å². The summed E-state index contributed by atoms with van der Waals surface area (Å²) in [6.07, 6.45) is -0.0385. The first-order valence-corrected chi connectivity index (χ1v) is 8.29. The molecule has 0 radical (unpaired) electrons. The number of epoxide rings is 1. The van der Waals surface area contributed by atoms with Crippen LogP contribution < -0.4 is 4.74 Å². The molecular weight excluding hydrogens is 322 g/mol. The lowest BCUT2D eigenvalue weighted by Gasteiger charge is -2.08. The summed E-state index contributed by atoms with van der Waals surface area (Å²) in [4.78, 5) is 10.3. The third kappa shape index (κ3) is 3.49. The van der Waals surface area contributed by atoms with Gasteiger partial charge in [-0.05, 0) is 18.2 Å². The molecule has 0 bridgehead atoms. The number of nitrogens with zero attached hydrogens (tertiary/aromatic N) is 1. The molecule has 0 aliphatic carbocycles. The molecule has 2 aromatic rings. The molecule has 0 amide bonds. The summed E-state index contributed by atoms with van der Waals surface area (Å²) in [6, 6.07) is 11.3. The minimum Gasteiger partial charge on any atom is -0.490 e. The molecule has 0 aromatic heterocycles. The van der Waals surface area contributed by atoms with Crippen LogP contribution in [-0.4, -0.2) is 32.7 Å². The summed E-state index contributed by atoms with van der Waals surface area (Å²) in [5, 5.41) is 11.0. The summed E-state index contributed by atoms with van der Waals surface area (Å²) < 4.78 is 35.6. The van der Waals surface area contributed by atoms with Gasteiger partial charge in [0.05, 0.1) is 27.4 Å². The van der Waals surface area contributed by atoms with Gasteiger partial charge in [0.1, 0.15) is 18.5 Å². The van der Waals surface area contributed by atoms with E-state index in [1.165, 1.54) is 24.3 Å². The first-order valence-electron chi connectivity index (χ1n) is 6.81. The molecule has 2 aromatic carbocycles. The maximum absolute atomic E-state index is 12.6. The molecule has 3 rings (SSSR count). The second-order valence-electron chi connectivity index (χ2n) is 5.00. The molecule has 0 N–H and O–H groups in total. The van der Waals surface area contributed by atoms with Crippen molar-refractivity contribution in [2.45, 2.75) is 15.9 Å². The third-order valence-corrected chi connectivity index (χ3v) is 5.03. The van der Waals surface area contributed by atoms with Crippen LogP contribution in [-0.2, 0) is 14.6 Å². The van der Waals surface area contributed by atoms with Crippen molar-refractivity contribution in [3.8, 4) is 5.75 Å². The van der Waals surface area contributed by atoms with E-state index in [4.69, 9.17) is 9.47 Å². The minimum atomic E-state index is -3.86. The van der Waals surface area contributed by atoms with Gasteiger partial charge in [0.25, 0.3) is 5.69 Å². The first kappa shape index (κ1) is 15.4. The number of hydrogen-bond acceptors (Lipinski definition) is 6. The molecule has 1 unspecified atom stereocenters. The van der Waals surface area contributed by atoms with E-state index in [-0.39, 0.29) is 33.9 Å². The topological polar surface area (TPSA) is 99.0 Å². The number of sulfone groups is 1. The highest BCUT2D eigenvalue weighted by atomic mass is 32.2. The molecule has 1 aliphatic rings. The van der Waals surface area contributed by atoms with Crippen LogP contribution in [0, 0.1) is 10.1 Å². The first-order chi connectivity index (χ1) is 11.0. The van der Waals surface area contributed by atoms with Crippen molar-refractivity contribution in [2.24, 2.45) is 0 Å². The lowest BCUT2D eigenvalue weighted by atomic mass is 10.3. The minimum absolute atomic E-state index is 0.0385. The fourth-order valence-electron chi connectivity index (χ4n) is 1.99. The van der Waals surface area contributed by atoms with Crippen LogP contribution in [0.25, 0.3) is 0 Å². The molecule has 1 aliphatic heterocycles. The number of nitro groups is 1. The summed E-state index contributed by atoms with van der Waals surface area (Å²) in [6.45, 7) is 0.802. The quantitative estimate of drug-likeness (QED) is 0.456. The number of ether oxygens (including phenoxy) is 2. The third-order valence-electron chi connectivity index (χ3n) is 3.28. The largest absolute Gasteiger partial charge is 0.490 e. The average Bonchev–Trinajstić information content (AvgIpc) is 3.38. The Morgan fingerprint density at radius 3 is 2.48 bits per heavy atom. The van der Waals surface area contributed by atoms with Gasteiger partial charge in [0.2, 0.25) is 9.84 Å². The Hall–Kier alpha value is -2.45. The number of hydrogen-bond donors (Lipinski definition) is 0. The van der Waals surface area contributed by atoms with Gasteiger partial charge in [-0.15, -0.1) is 0 Å². The van der Waals surface area contributed by atoms with Crippen LogP contribution in [0.4, 0.5) is 5.69 Å². The molecule has 1 saturated heterocycles. The van der Waals surface area contributed by atoms with Crippen molar-refractivity contribution in [3.63, 3.8) is 0 Å². The molecule has 1 fully saturated rings. The normalized spacial score (nSPS) is 16.8. The van der Waals surface area contributed by atoms with E-state index in [9.17, 15) is 18.5 Å². The van der Waals surface area contributed by atoms with E-state index in [0.717, 1.165) is 6.07 Å². The van der Waals surface area contributed by atoms with Gasteiger partial charge in [-0.3, -0.25) is 10.1 Å². The van der Waals surface area contributed by atoms with E-state index in [0.29, 0.717) is 6.61 Å². The summed E-state index contributed by atoms with van der Waals surface area (Å²) >= 11 is 0. The van der Waals surface area contributed by atoms with Gasteiger partial charge in [0, 0.05) is 6.07 Å². The Bertz CT molecular complexity index is 830. The lowest BCUT2D eigenvalue weighted by molar-refractivity contribution is -0.385. The maximum Gasteiger partial charge on any atom is 0.274 e. The van der Waals surface area contributed by atoms with E-state index < -0.39 is 14.8 Å². The van der Waals surface area contributed by atoms with E-state index >= 15 is 0 Å². The second kappa shape index (κ2) is 5.98. The van der Waals surface area contributed by atoms with Crippen molar-refractivity contribution >= 4 is 15.5 Å². The second-order valence-corrected chi connectivity index (χ2v) is 6.95. The average molecular weight is 335 g/mol. The zero-order chi connectivity index (χ0) is 16.4. The Balaban J connectivity index is 2.01. The molecule has 8 heteroatoms. The predicted molar refractivity (Wildman–Crippen MR) is 80.2 cm³/mol. The van der Waals surface area contributed by atoms with Crippen LogP contribution >= 0.6 is 0 Å². The summed E-state index contributed by atoms with van der Waals surface area (Å²) in [5.41, 5.74) is -0.339. The predicted octanol–water partition coefficient (Wildman–Crippen LogP) is 2.21. The van der Waals surface area contributed by atoms with E-state index in [2.05, 4.69) is 0 Å². The van der Waals surface area contributed by atoms with Crippen LogP contribution in [0.1, 0.15) is 0 Å². The van der Waals surface area contributed by atoms with Gasteiger partial charge in [-0.2, -0.15) is 0 Å². The lowest BCUT2D eigenvalue weighted by Crippen LogP contribution is -2.07. The molecule has 0 saturated carbocycles. The van der Waals surface area contributed by atoms with Crippen molar-refractivity contribution in [2.75, 3.05) is 13.2 Å². The zero-order valence-electron chi connectivity index (χ0n) is 11.9. The molecule has 7 nitrogen and oxygen atoms in total. The van der Waals surface area contributed by atoms with Gasteiger partial charge in [-0.25, -0.2) is 8.42 Å². The Morgan fingerprint density at radius 2 is 1.87 bits per heavy atom. The maximum atomic E-state index is 12.6. The Morgan fingerprint density at radius 1 is 1.17 bits per heavy atom. The highest BCUT2D eigenvalue weighted by Crippen LogP contribution is 2.30. The number of rotatable bonds is 6. The molecule has 23 heavy (non-hydrogen) atoms. The van der Waals surface area contributed by atoms with Gasteiger partial charge < -0.3 is 9.47 Å². The highest BCUT2D eigenvalue weighted by Gasteiger charge is 2.25. The molecule has 1 atom stereocenters. The highest BCUT2D eigenvalue weighted by molar-refractivity contribution is 7.91. The number of benzene rings is 2. The van der Waals surface area contributed by atoms with Crippen LogP contribution in [0.5, 0.6) is 5.75 Å². The molecular formula is C15H13NO6S. The smallest absolute Gasteiger partial charge is 0.274 e. The zero-order valence-corrected chi connectivity index (χ0v) is 12.7. The fraction of sp³-hybridized carbons (Fsp3) is 0.200. The monoisotopic (exact) mass is 335 g/mol. The number of non-ortho nitro benzene ring substituents is 1. The Labute approximate surface area is 132 Å². The van der Waals surface area contributed by atoms with Gasteiger partial charge >= 0.3 is 0 Å². The summed E-state index contributed by atoms with van der Waals surface area (Å²) in [7, 11) is -3.86. The molecule has 120 valence electrons. The van der Waals surface area contributed by atoms with E-state index in [1.807, 2.05) is 0 Å². The van der Waals surface area contributed by atoms with Gasteiger partial charge in [0.15, 0.2) is 0 Å². The fourth-order valence-corrected chi connectivity index (χ4v) is 3.32. The van der Waals surface area contributed by atoms with Crippen molar-refractivity contribution in [3.05, 3.63) is 58.6 Å². The molecule has 0 spiro atoms. The SMILES string of the molecule is O=[N+]([O-])c1cc(OCC2CO2)cc(S(=O)(=O)c2ccccc2)c1. The number of nitro benzene ring substituents is 1. The van der Waals surface area contributed by atoms with Crippen LogP contribution in [0.3, 0.4) is 0 Å². The molecule has 1 heterocycles. The van der Waals surface area contributed by atoms with E-state index in [1.54, 1.807) is 18.2 Å². The van der Waals surface area contributed by atoms with Crippen molar-refractivity contribution in [1.29, 1.82) is 0 Å². The van der Waals surface area contributed by atoms with Crippen molar-refractivity contribution < 1.29 is 22.8 Å². The Kier molecular flexibility index (Phi) is 4.01. The van der Waals surface area contributed by atoms with Crippen LogP contribution in [0.2, 0.25) is 0 Å².